The van der Waals surface area contributed by atoms with Gasteiger partial charge in [-0.15, -0.1) is 0 Å². The van der Waals surface area contributed by atoms with Gasteiger partial charge in [-0.2, -0.15) is 16.8 Å². The molecular formula is C7H8N2O8S2. The van der Waals surface area contributed by atoms with Crippen LogP contribution in [0, 0.1) is 0 Å². The maximum Gasteiger partial charge on any atom is 0.400 e. The standard InChI is InChI=1S/C7H8N2O8S2/c1-2-7(16-18(10,11)12,17-19(13,14)15)6-5-8-3-4-9-6/h2-5H,1H2,(H,10,11,12)(H,13,14,15). The molecule has 0 aromatic carbocycles. The second-order valence-electron chi connectivity index (χ2n) is 2.98. The molecule has 19 heavy (non-hydrogen) atoms. The molecule has 0 saturated carbocycles. The minimum absolute atomic E-state index is 0.486. The van der Waals surface area contributed by atoms with Crippen LogP contribution in [0.4, 0.5) is 0 Å². The van der Waals surface area contributed by atoms with E-state index in [0.29, 0.717) is 6.08 Å². The Balaban J connectivity index is 3.42. The molecular weight excluding hydrogens is 304 g/mol. The summed E-state index contributed by atoms with van der Waals surface area (Å²) in [5.41, 5.74) is -0.486. The molecule has 0 radical (unpaired) electrons. The van der Waals surface area contributed by atoms with Crippen LogP contribution in [-0.4, -0.2) is 35.9 Å². The smallest absolute Gasteiger partial charge is 0.263 e. The summed E-state index contributed by atoms with van der Waals surface area (Å²) in [6.07, 6.45) is 3.70. The summed E-state index contributed by atoms with van der Waals surface area (Å²) in [5.74, 6) is -2.78. The van der Waals surface area contributed by atoms with Crippen LogP contribution >= 0.6 is 0 Å². The molecule has 0 atom stereocenters. The van der Waals surface area contributed by atoms with Gasteiger partial charge in [0, 0.05) is 12.4 Å². The van der Waals surface area contributed by atoms with E-state index in [1.165, 1.54) is 6.20 Å². The van der Waals surface area contributed by atoms with Gasteiger partial charge in [-0.05, 0) is 6.08 Å². The molecule has 0 aliphatic heterocycles. The van der Waals surface area contributed by atoms with Gasteiger partial charge in [-0.25, -0.2) is 8.37 Å². The third-order valence-electron chi connectivity index (χ3n) is 1.65. The van der Waals surface area contributed by atoms with Crippen LogP contribution in [0.5, 0.6) is 0 Å². The minimum atomic E-state index is -5.15. The first-order valence-electron chi connectivity index (χ1n) is 4.34. The van der Waals surface area contributed by atoms with Crippen LogP contribution in [0.3, 0.4) is 0 Å². The Morgan fingerprint density at radius 2 is 1.68 bits per heavy atom. The summed E-state index contributed by atoms with van der Waals surface area (Å²) in [6, 6.07) is 0. The van der Waals surface area contributed by atoms with Crippen LogP contribution in [0.2, 0.25) is 0 Å². The maximum absolute atomic E-state index is 10.7. The van der Waals surface area contributed by atoms with E-state index in [4.69, 9.17) is 9.11 Å². The van der Waals surface area contributed by atoms with Gasteiger partial charge >= 0.3 is 20.8 Å². The van der Waals surface area contributed by atoms with Gasteiger partial charge in [0.25, 0.3) is 5.79 Å². The Bertz CT molecular complexity index is 620. The summed E-state index contributed by atoms with van der Waals surface area (Å²) < 4.78 is 68.4. The quantitative estimate of drug-likeness (QED) is 0.397. The highest BCUT2D eigenvalue weighted by Crippen LogP contribution is 2.30. The predicted octanol–water partition coefficient (Wildman–Crippen LogP) is -0.546. The molecule has 106 valence electrons. The molecule has 0 aliphatic rings. The molecule has 1 rings (SSSR count). The van der Waals surface area contributed by atoms with Crippen molar-refractivity contribution in [2.45, 2.75) is 5.79 Å². The number of nitrogens with zero attached hydrogens (tertiary/aromatic N) is 2. The van der Waals surface area contributed by atoms with Crippen molar-refractivity contribution >= 4 is 20.8 Å². The first kappa shape index (κ1) is 15.6. The number of hydrogen-bond donors (Lipinski definition) is 2. The normalized spacial score (nSPS) is 13.2. The molecule has 0 amide bonds. The van der Waals surface area contributed by atoms with Gasteiger partial charge < -0.3 is 0 Å². The van der Waals surface area contributed by atoms with Crippen LogP contribution in [0.1, 0.15) is 5.69 Å². The third kappa shape index (κ3) is 4.62. The van der Waals surface area contributed by atoms with E-state index in [1.807, 2.05) is 0 Å². The van der Waals surface area contributed by atoms with E-state index in [2.05, 4.69) is 24.9 Å². The topological polar surface area (TPSA) is 153 Å². The minimum Gasteiger partial charge on any atom is -0.263 e. The van der Waals surface area contributed by atoms with Crippen LogP contribution < -0.4 is 0 Å². The van der Waals surface area contributed by atoms with Crippen LogP contribution in [0.15, 0.2) is 31.2 Å². The zero-order valence-corrected chi connectivity index (χ0v) is 10.7. The average molecular weight is 312 g/mol. The van der Waals surface area contributed by atoms with Gasteiger partial charge in [-0.1, -0.05) is 6.58 Å². The second kappa shape index (κ2) is 5.28. The van der Waals surface area contributed by atoms with Crippen molar-refractivity contribution < 1.29 is 34.3 Å². The van der Waals surface area contributed by atoms with Crippen LogP contribution in [-0.2, 0) is 35.0 Å². The zero-order chi connectivity index (χ0) is 14.7. The van der Waals surface area contributed by atoms with E-state index in [0.717, 1.165) is 12.4 Å². The third-order valence-corrected chi connectivity index (χ3v) is 2.56. The largest absolute Gasteiger partial charge is 0.400 e. The molecule has 0 saturated heterocycles. The van der Waals surface area contributed by atoms with Crippen molar-refractivity contribution in [2.75, 3.05) is 0 Å². The molecule has 2 N–H and O–H groups in total. The van der Waals surface area contributed by atoms with Gasteiger partial charge in [0.15, 0.2) is 0 Å². The number of rotatable bonds is 6. The molecule has 1 heterocycles. The summed E-state index contributed by atoms with van der Waals surface area (Å²) in [6.45, 7) is 3.11. The van der Waals surface area contributed by atoms with Crippen LogP contribution in [0.25, 0.3) is 0 Å². The van der Waals surface area contributed by atoms with Gasteiger partial charge in [-0.3, -0.25) is 19.1 Å². The van der Waals surface area contributed by atoms with E-state index in [1.54, 1.807) is 0 Å². The lowest BCUT2D eigenvalue weighted by Crippen LogP contribution is -2.36. The lowest BCUT2D eigenvalue weighted by molar-refractivity contribution is -0.0834. The Hall–Kier alpha value is -1.44. The van der Waals surface area contributed by atoms with E-state index < -0.39 is 32.3 Å². The lowest BCUT2D eigenvalue weighted by Gasteiger charge is -2.24. The first-order valence-corrected chi connectivity index (χ1v) is 7.07. The first-order chi connectivity index (χ1) is 8.58. The highest BCUT2D eigenvalue weighted by molar-refractivity contribution is 7.81. The SMILES string of the molecule is C=CC(OS(=O)(=O)O)(OS(=O)(=O)O)c1cnccn1. The lowest BCUT2D eigenvalue weighted by atomic mass is 10.2. The second-order valence-corrected chi connectivity index (χ2v) is 5.03. The summed E-state index contributed by atoms with van der Waals surface area (Å²) in [5, 5.41) is 0. The zero-order valence-electron chi connectivity index (χ0n) is 9.07. The predicted molar refractivity (Wildman–Crippen MR) is 59.2 cm³/mol. The Labute approximate surface area is 108 Å². The molecule has 0 unspecified atom stereocenters. The fraction of sp³-hybridized carbons (Fsp3) is 0.143. The highest BCUT2D eigenvalue weighted by atomic mass is 32.3. The number of hydrogen-bond acceptors (Lipinski definition) is 8. The van der Waals surface area contributed by atoms with Gasteiger partial charge in [0.2, 0.25) is 0 Å². The van der Waals surface area contributed by atoms with Gasteiger partial charge in [0.05, 0.1) is 6.20 Å². The molecule has 0 bridgehead atoms. The van der Waals surface area contributed by atoms with Crippen molar-refractivity contribution in [2.24, 2.45) is 0 Å². The molecule has 1 aromatic rings. The van der Waals surface area contributed by atoms with E-state index in [9.17, 15) is 16.8 Å². The average Bonchev–Trinajstić information content (AvgIpc) is 2.25. The number of aromatic nitrogens is 2. The summed E-state index contributed by atoms with van der Waals surface area (Å²) in [4.78, 5) is 7.09. The summed E-state index contributed by atoms with van der Waals surface area (Å²) >= 11 is 0. The van der Waals surface area contributed by atoms with Crippen molar-refractivity contribution in [1.29, 1.82) is 0 Å². The Morgan fingerprint density at radius 1 is 1.16 bits per heavy atom. The van der Waals surface area contributed by atoms with E-state index >= 15 is 0 Å². The molecule has 12 heteroatoms. The van der Waals surface area contributed by atoms with Crippen molar-refractivity contribution in [3.05, 3.63) is 36.9 Å². The Morgan fingerprint density at radius 3 is 2.00 bits per heavy atom. The molecule has 1 aromatic heterocycles. The molecule has 0 aliphatic carbocycles. The Kier molecular flexibility index (Phi) is 4.34. The monoisotopic (exact) mass is 312 g/mol. The van der Waals surface area contributed by atoms with Crippen molar-refractivity contribution in [1.82, 2.24) is 9.97 Å². The van der Waals surface area contributed by atoms with Gasteiger partial charge in [0.1, 0.15) is 5.69 Å². The molecule has 0 fully saturated rings. The maximum atomic E-state index is 10.7. The highest BCUT2D eigenvalue weighted by Gasteiger charge is 2.42. The fourth-order valence-corrected chi connectivity index (χ4v) is 2.11. The summed E-state index contributed by atoms with van der Waals surface area (Å²) in [7, 11) is -10.3. The fourth-order valence-electron chi connectivity index (χ4n) is 1.06. The van der Waals surface area contributed by atoms with Crippen molar-refractivity contribution in [3.63, 3.8) is 0 Å². The molecule has 0 spiro atoms. The molecule has 10 nitrogen and oxygen atoms in total. The van der Waals surface area contributed by atoms with Crippen molar-refractivity contribution in [3.8, 4) is 0 Å². The van der Waals surface area contributed by atoms with E-state index in [-0.39, 0.29) is 0 Å².